The number of anilines is 1. The lowest BCUT2D eigenvalue weighted by atomic mass is 10.0. The highest BCUT2D eigenvalue weighted by atomic mass is 16.3. The highest BCUT2D eigenvalue weighted by Gasteiger charge is 2.33. The summed E-state index contributed by atoms with van der Waals surface area (Å²) in [6, 6.07) is 8.09. The van der Waals surface area contributed by atoms with Crippen LogP contribution in [0.2, 0.25) is 0 Å². The summed E-state index contributed by atoms with van der Waals surface area (Å²) < 4.78 is 0. The zero-order chi connectivity index (χ0) is 19.1. The molecule has 1 saturated heterocycles. The van der Waals surface area contributed by atoms with Crippen LogP contribution in [-0.2, 0) is 4.79 Å². The van der Waals surface area contributed by atoms with E-state index in [0.29, 0.717) is 31.5 Å². The van der Waals surface area contributed by atoms with Gasteiger partial charge in [0, 0.05) is 19.3 Å². The van der Waals surface area contributed by atoms with Crippen LogP contribution in [0.5, 0.6) is 0 Å². The van der Waals surface area contributed by atoms with E-state index >= 15 is 0 Å². The van der Waals surface area contributed by atoms with E-state index in [1.807, 2.05) is 37.3 Å². The third-order valence-corrected chi connectivity index (χ3v) is 4.85. The maximum Gasteiger partial charge on any atom is 0.321 e. The monoisotopic (exact) mass is 362 g/mol. The van der Waals surface area contributed by atoms with Gasteiger partial charge in [-0.25, -0.2) is 4.79 Å². The molecule has 1 aromatic rings. The first kappa shape index (κ1) is 20.2. The van der Waals surface area contributed by atoms with Crippen LogP contribution in [0.3, 0.4) is 0 Å². The molecule has 144 valence electrons. The molecule has 1 aliphatic rings. The number of amides is 3. The smallest absolute Gasteiger partial charge is 0.321 e. The van der Waals surface area contributed by atoms with Crippen molar-refractivity contribution in [3.8, 4) is 0 Å². The first-order valence-electron chi connectivity index (χ1n) is 9.25. The van der Waals surface area contributed by atoms with Crippen molar-refractivity contribution in [2.75, 3.05) is 25.5 Å². The number of benzene rings is 1. The summed E-state index contributed by atoms with van der Waals surface area (Å²) in [5.41, 5.74) is 6.65. The lowest BCUT2D eigenvalue weighted by molar-refractivity contribution is -0.136. The molecule has 0 saturated carbocycles. The molecule has 1 aliphatic heterocycles. The molecular weight excluding hydrogens is 332 g/mol. The summed E-state index contributed by atoms with van der Waals surface area (Å²) in [7, 11) is 1.69. The molecule has 3 atom stereocenters. The molecule has 0 spiro atoms. The fraction of sp³-hybridized carbons (Fsp3) is 0.579. The van der Waals surface area contributed by atoms with Crippen molar-refractivity contribution in [2.45, 2.75) is 50.8 Å². The first-order chi connectivity index (χ1) is 12.4. The molecule has 2 unspecified atom stereocenters. The SMILES string of the molecule is CCC[C@H](N)C(=O)N(C)C1CCCN(C(=O)Nc2ccccc2)CC1O. The fourth-order valence-corrected chi connectivity index (χ4v) is 3.34. The van der Waals surface area contributed by atoms with E-state index in [9.17, 15) is 14.7 Å². The summed E-state index contributed by atoms with van der Waals surface area (Å²) in [6.07, 6.45) is 2.00. The number of nitrogens with two attached hydrogens (primary N) is 1. The van der Waals surface area contributed by atoms with Crippen LogP contribution in [0.1, 0.15) is 32.6 Å². The Morgan fingerprint density at radius 1 is 1.38 bits per heavy atom. The molecule has 7 nitrogen and oxygen atoms in total. The molecule has 0 bridgehead atoms. The minimum Gasteiger partial charge on any atom is -0.389 e. The van der Waals surface area contributed by atoms with Crippen LogP contribution in [0.25, 0.3) is 0 Å². The second-order valence-electron chi connectivity index (χ2n) is 6.86. The lowest BCUT2D eigenvalue weighted by Gasteiger charge is -2.33. The van der Waals surface area contributed by atoms with E-state index in [4.69, 9.17) is 5.73 Å². The second-order valence-corrected chi connectivity index (χ2v) is 6.86. The van der Waals surface area contributed by atoms with Crippen molar-refractivity contribution < 1.29 is 14.7 Å². The van der Waals surface area contributed by atoms with E-state index in [1.165, 1.54) is 0 Å². The number of carbonyl (C=O) groups excluding carboxylic acids is 2. The summed E-state index contributed by atoms with van der Waals surface area (Å²) in [5, 5.41) is 13.4. The number of urea groups is 1. The predicted molar refractivity (Wildman–Crippen MR) is 102 cm³/mol. The molecule has 7 heteroatoms. The van der Waals surface area contributed by atoms with Crippen molar-refractivity contribution in [1.29, 1.82) is 0 Å². The summed E-state index contributed by atoms with van der Waals surface area (Å²) in [5.74, 6) is -0.155. The molecule has 1 heterocycles. The number of β-amino-alcohol motifs (C(OH)–C–C–N with tert-alkyl or cyclic N) is 1. The van der Waals surface area contributed by atoms with E-state index < -0.39 is 12.1 Å². The number of aliphatic hydroxyl groups excluding tert-OH is 1. The average molecular weight is 362 g/mol. The molecule has 2 rings (SSSR count). The Kier molecular flexibility index (Phi) is 7.41. The zero-order valence-corrected chi connectivity index (χ0v) is 15.6. The van der Waals surface area contributed by atoms with Crippen molar-refractivity contribution in [1.82, 2.24) is 9.80 Å². The number of carbonyl (C=O) groups is 2. The van der Waals surface area contributed by atoms with Gasteiger partial charge >= 0.3 is 6.03 Å². The van der Waals surface area contributed by atoms with Crippen LogP contribution < -0.4 is 11.1 Å². The molecule has 3 amide bonds. The molecule has 4 N–H and O–H groups in total. The second kappa shape index (κ2) is 9.54. The first-order valence-corrected chi connectivity index (χ1v) is 9.25. The Bertz CT molecular complexity index is 596. The van der Waals surface area contributed by atoms with Crippen LogP contribution in [0, 0.1) is 0 Å². The normalized spacial score (nSPS) is 21.6. The van der Waals surface area contributed by atoms with Gasteiger partial charge in [0.15, 0.2) is 0 Å². The van der Waals surface area contributed by atoms with Crippen molar-refractivity contribution in [3.63, 3.8) is 0 Å². The number of nitrogens with zero attached hydrogens (tertiary/aromatic N) is 2. The van der Waals surface area contributed by atoms with Crippen molar-refractivity contribution in [3.05, 3.63) is 30.3 Å². The minimum atomic E-state index is -0.804. The van der Waals surface area contributed by atoms with E-state index in [-0.39, 0.29) is 24.5 Å². The van der Waals surface area contributed by atoms with E-state index in [2.05, 4.69) is 5.32 Å². The summed E-state index contributed by atoms with van der Waals surface area (Å²) >= 11 is 0. The molecule has 1 fully saturated rings. The minimum absolute atomic E-state index is 0.155. The van der Waals surface area contributed by atoms with Gasteiger partial charge in [0.05, 0.1) is 24.7 Å². The number of para-hydroxylation sites is 1. The van der Waals surface area contributed by atoms with Crippen LogP contribution >= 0.6 is 0 Å². The number of likely N-dealkylation sites (N-methyl/N-ethyl adjacent to an activating group) is 1. The topological polar surface area (TPSA) is 98.9 Å². The zero-order valence-electron chi connectivity index (χ0n) is 15.6. The number of rotatable bonds is 5. The van der Waals surface area contributed by atoms with E-state index in [1.54, 1.807) is 16.8 Å². The Labute approximate surface area is 155 Å². The highest BCUT2D eigenvalue weighted by molar-refractivity contribution is 5.89. The largest absolute Gasteiger partial charge is 0.389 e. The predicted octanol–water partition coefficient (Wildman–Crippen LogP) is 1.63. The Hall–Kier alpha value is -2.12. The van der Waals surface area contributed by atoms with Gasteiger partial charge in [-0.3, -0.25) is 4.79 Å². The maximum atomic E-state index is 12.5. The average Bonchev–Trinajstić information content (AvgIpc) is 2.83. The van der Waals surface area contributed by atoms with Gasteiger partial charge < -0.3 is 26.0 Å². The molecular formula is C19H30N4O3. The number of hydrogen-bond acceptors (Lipinski definition) is 4. The Morgan fingerprint density at radius 3 is 2.73 bits per heavy atom. The number of likely N-dealkylation sites (tertiary alicyclic amines) is 1. The van der Waals surface area contributed by atoms with Crippen LogP contribution in [0.15, 0.2) is 30.3 Å². The fourth-order valence-electron chi connectivity index (χ4n) is 3.34. The highest BCUT2D eigenvalue weighted by Crippen LogP contribution is 2.19. The summed E-state index contributed by atoms with van der Waals surface area (Å²) in [4.78, 5) is 28.1. The molecule has 0 aromatic heterocycles. The molecule has 0 radical (unpaired) electrons. The Balaban J connectivity index is 1.97. The van der Waals surface area contributed by atoms with Gasteiger partial charge in [0.1, 0.15) is 0 Å². The van der Waals surface area contributed by atoms with Gasteiger partial charge in [0.25, 0.3) is 0 Å². The summed E-state index contributed by atoms with van der Waals surface area (Å²) in [6.45, 7) is 2.70. The van der Waals surface area contributed by atoms with Gasteiger partial charge in [-0.05, 0) is 31.4 Å². The Morgan fingerprint density at radius 2 is 2.08 bits per heavy atom. The standard InChI is InChI=1S/C19H30N4O3/c1-3-8-15(20)18(25)22(2)16-11-7-12-23(13-17(16)24)19(26)21-14-9-5-4-6-10-14/h4-6,9-10,15-17,24H,3,7-8,11-13,20H2,1-2H3,(H,21,26)/t15-,16?,17?/m0/s1. The van der Waals surface area contributed by atoms with Gasteiger partial charge in [-0.15, -0.1) is 0 Å². The number of nitrogens with one attached hydrogen (secondary N) is 1. The van der Waals surface area contributed by atoms with Crippen molar-refractivity contribution in [2.24, 2.45) is 5.73 Å². The quantitative estimate of drug-likeness (QED) is 0.741. The van der Waals surface area contributed by atoms with Gasteiger partial charge in [0.2, 0.25) is 5.91 Å². The van der Waals surface area contributed by atoms with Crippen molar-refractivity contribution >= 4 is 17.6 Å². The molecule has 26 heavy (non-hydrogen) atoms. The number of aliphatic hydroxyl groups is 1. The van der Waals surface area contributed by atoms with Crippen LogP contribution in [0.4, 0.5) is 10.5 Å². The molecule has 1 aromatic carbocycles. The lowest BCUT2D eigenvalue weighted by Crippen LogP contribution is -2.52. The molecule has 0 aliphatic carbocycles. The number of hydrogen-bond donors (Lipinski definition) is 3. The maximum absolute atomic E-state index is 12.5. The van der Waals surface area contributed by atoms with Gasteiger partial charge in [-0.2, -0.15) is 0 Å². The third kappa shape index (κ3) is 5.19. The van der Waals surface area contributed by atoms with Gasteiger partial charge in [-0.1, -0.05) is 31.5 Å². The van der Waals surface area contributed by atoms with E-state index in [0.717, 1.165) is 6.42 Å². The van der Waals surface area contributed by atoms with Crippen LogP contribution in [-0.4, -0.2) is 65.2 Å². The third-order valence-electron chi connectivity index (χ3n) is 4.85.